The summed E-state index contributed by atoms with van der Waals surface area (Å²) >= 11 is 0. The van der Waals surface area contributed by atoms with Crippen LogP contribution >= 0.6 is 0 Å². The summed E-state index contributed by atoms with van der Waals surface area (Å²) in [6.07, 6.45) is 1.79. The molecule has 1 heterocycles. The number of aryl methyl sites for hydroxylation is 1. The van der Waals surface area contributed by atoms with E-state index in [0.29, 0.717) is 35.2 Å². The van der Waals surface area contributed by atoms with Crippen molar-refractivity contribution in [2.75, 3.05) is 31.2 Å². The van der Waals surface area contributed by atoms with Crippen LogP contribution in [0.5, 0.6) is 11.5 Å². The van der Waals surface area contributed by atoms with E-state index in [1.54, 1.807) is 18.2 Å². The highest BCUT2D eigenvalue weighted by molar-refractivity contribution is 6.04. The summed E-state index contributed by atoms with van der Waals surface area (Å²) in [5, 5.41) is 2.84. The molecule has 0 fully saturated rings. The Balaban J connectivity index is 1.67. The maximum absolute atomic E-state index is 12.7. The molecule has 7 heteroatoms. The lowest BCUT2D eigenvalue weighted by Crippen LogP contribution is -2.45. The number of nitrogens with zero attached hydrogens (tertiary/aromatic N) is 1. The largest absolute Gasteiger partial charge is 0.485 e. The van der Waals surface area contributed by atoms with Gasteiger partial charge in [-0.2, -0.15) is 0 Å². The van der Waals surface area contributed by atoms with Gasteiger partial charge in [-0.15, -0.1) is 0 Å². The molecule has 3 rings (SSSR count). The van der Waals surface area contributed by atoms with Crippen LogP contribution in [0.15, 0.2) is 42.5 Å². The van der Waals surface area contributed by atoms with Crippen LogP contribution in [0.3, 0.4) is 0 Å². The summed E-state index contributed by atoms with van der Waals surface area (Å²) in [7, 11) is 0. The minimum Gasteiger partial charge on any atom is -0.485 e. The fourth-order valence-corrected chi connectivity index (χ4v) is 3.30. The Morgan fingerprint density at radius 2 is 1.91 bits per heavy atom. The summed E-state index contributed by atoms with van der Waals surface area (Å²) in [6, 6.07) is 12.5. The van der Waals surface area contributed by atoms with Gasteiger partial charge in [0.15, 0.2) is 19.0 Å². The first-order valence-corrected chi connectivity index (χ1v) is 11.0. The van der Waals surface area contributed by atoms with E-state index in [9.17, 15) is 14.4 Å². The zero-order valence-electron chi connectivity index (χ0n) is 18.8. The van der Waals surface area contributed by atoms with Crippen LogP contribution in [0.25, 0.3) is 0 Å². The number of carbonyl (C=O) groups is 3. The second-order valence-corrected chi connectivity index (χ2v) is 8.19. The van der Waals surface area contributed by atoms with Crippen LogP contribution < -0.4 is 19.7 Å². The molecule has 0 saturated heterocycles. The predicted octanol–water partition coefficient (Wildman–Crippen LogP) is 3.40. The quantitative estimate of drug-likeness (QED) is 0.575. The van der Waals surface area contributed by atoms with E-state index in [1.807, 2.05) is 24.3 Å². The number of benzene rings is 2. The Morgan fingerprint density at radius 1 is 1.16 bits per heavy atom. The standard InChI is InChI=1S/C25H30N2O5/c1-4-18-5-8-20(9-6-18)31-15-22(28)19-7-10-23-21(13-19)27(25(30)16-32-23)14-24(29)26-12-11-17(2)3/h5-10,13,17H,4,11-12,14-16H2,1-3H3,(H,26,29). The molecule has 1 aliphatic heterocycles. The zero-order valence-corrected chi connectivity index (χ0v) is 18.8. The number of ketones is 1. The second kappa shape index (κ2) is 10.8. The van der Waals surface area contributed by atoms with Crippen molar-refractivity contribution in [2.24, 2.45) is 5.92 Å². The highest BCUT2D eigenvalue weighted by atomic mass is 16.5. The van der Waals surface area contributed by atoms with Gasteiger partial charge in [-0.3, -0.25) is 19.3 Å². The molecule has 1 N–H and O–H groups in total. The van der Waals surface area contributed by atoms with Crippen LogP contribution in [-0.4, -0.2) is 43.9 Å². The van der Waals surface area contributed by atoms with E-state index in [-0.39, 0.29) is 37.4 Å². The van der Waals surface area contributed by atoms with Crippen molar-refractivity contribution >= 4 is 23.3 Å². The molecule has 0 aliphatic carbocycles. The van der Waals surface area contributed by atoms with Crippen LogP contribution in [0.1, 0.15) is 43.1 Å². The minimum absolute atomic E-state index is 0.120. The number of anilines is 1. The van der Waals surface area contributed by atoms with Gasteiger partial charge in [-0.05, 0) is 54.7 Å². The minimum atomic E-state index is -0.326. The Morgan fingerprint density at radius 3 is 2.59 bits per heavy atom. The Bertz CT molecular complexity index is 969. The first-order chi connectivity index (χ1) is 15.4. The lowest BCUT2D eigenvalue weighted by molar-refractivity contribution is -0.125. The van der Waals surface area contributed by atoms with Crippen molar-refractivity contribution in [1.82, 2.24) is 5.32 Å². The van der Waals surface area contributed by atoms with E-state index in [4.69, 9.17) is 9.47 Å². The normalized spacial score (nSPS) is 12.9. The first-order valence-electron chi connectivity index (χ1n) is 11.0. The fraction of sp³-hybridized carbons (Fsp3) is 0.400. The molecule has 2 aromatic rings. The third-order valence-electron chi connectivity index (χ3n) is 5.27. The smallest absolute Gasteiger partial charge is 0.265 e. The molecule has 7 nitrogen and oxygen atoms in total. The maximum atomic E-state index is 12.7. The Labute approximate surface area is 188 Å². The molecule has 2 amide bonds. The van der Waals surface area contributed by atoms with Crippen molar-refractivity contribution in [3.05, 3.63) is 53.6 Å². The summed E-state index contributed by atoms with van der Waals surface area (Å²) in [4.78, 5) is 38.8. The molecule has 0 unspecified atom stereocenters. The number of ether oxygens (including phenoxy) is 2. The van der Waals surface area contributed by atoms with Gasteiger partial charge in [0.25, 0.3) is 5.91 Å². The number of hydrogen-bond acceptors (Lipinski definition) is 5. The average molecular weight is 439 g/mol. The summed E-state index contributed by atoms with van der Waals surface area (Å²) in [6.45, 7) is 6.39. The maximum Gasteiger partial charge on any atom is 0.265 e. The van der Waals surface area contributed by atoms with Crippen LogP contribution in [0, 0.1) is 5.92 Å². The fourth-order valence-electron chi connectivity index (χ4n) is 3.30. The number of fused-ring (bicyclic) bond motifs is 1. The summed E-state index contributed by atoms with van der Waals surface area (Å²) in [5.74, 6) is 0.753. The molecule has 0 bridgehead atoms. The Kier molecular flexibility index (Phi) is 7.87. The van der Waals surface area contributed by atoms with E-state index < -0.39 is 0 Å². The molecule has 1 aliphatic rings. The highest BCUT2D eigenvalue weighted by Gasteiger charge is 2.28. The molecule has 0 atom stereocenters. The molecular weight excluding hydrogens is 408 g/mol. The number of amides is 2. The van der Waals surface area contributed by atoms with Gasteiger partial charge in [0.05, 0.1) is 5.69 Å². The van der Waals surface area contributed by atoms with E-state index in [1.165, 1.54) is 10.5 Å². The molecular formula is C25H30N2O5. The van der Waals surface area contributed by atoms with Crippen LogP contribution in [0.4, 0.5) is 5.69 Å². The Hall–Kier alpha value is -3.35. The number of Topliss-reactive ketones (excluding diaryl/α,β-unsaturated/α-hetero) is 1. The highest BCUT2D eigenvalue weighted by Crippen LogP contribution is 2.33. The van der Waals surface area contributed by atoms with E-state index in [0.717, 1.165) is 12.8 Å². The lowest BCUT2D eigenvalue weighted by atomic mass is 10.1. The van der Waals surface area contributed by atoms with Gasteiger partial charge in [0.2, 0.25) is 5.91 Å². The number of carbonyl (C=O) groups excluding carboxylic acids is 3. The van der Waals surface area contributed by atoms with Crippen LogP contribution in [0.2, 0.25) is 0 Å². The van der Waals surface area contributed by atoms with Gasteiger partial charge in [0, 0.05) is 12.1 Å². The number of nitrogens with one attached hydrogen (secondary N) is 1. The predicted molar refractivity (Wildman–Crippen MR) is 122 cm³/mol. The van der Waals surface area contributed by atoms with E-state index >= 15 is 0 Å². The molecule has 0 radical (unpaired) electrons. The van der Waals surface area contributed by atoms with Crippen molar-refractivity contribution in [1.29, 1.82) is 0 Å². The van der Waals surface area contributed by atoms with Gasteiger partial charge in [-0.25, -0.2) is 0 Å². The van der Waals surface area contributed by atoms with Crippen molar-refractivity contribution in [3.8, 4) is 11.5 Å². The summed E-state index contributed by atoms with van der Waals surface area (Å²) in [5.41, 5.74) is 1.99. The van der Waals surface area contributed by atoms with Crippen LogP contribution in [-0.2, 0) is 16.0 Å². The van der Waals surface area contributed by atoms with Crippen molar-refractivity contribution < 1.29 is 23.9 Å². The van der Waals surface area contributed by atoms with E-state index in [2.05, 4.69) is 26.1 Å². The summed E-state index contributed by atoms with van der Waals surface area (Å²) < 4.78 is 11.1. The SMILES string of the molecule is CCc1ccc(OCC(=O)c2ccc3c(c2)N(CC(=O)NCCC(C)C)C(=O)CO3)cc1. The number of hydrogen-bond donors (Lipinski definition) is 1. The van der Waals surface area contributed by atoms with Crippen molar-refractivity contribution in [3.63, 3.8) is 0 Å². The second-order valence-electron chi connectivity index (χ2n) is 8.19. The molecule has 2 aromatic carbocycles. The lowest BCUT2D eigenvalue weighted by Gasteiger charge is -2.29. The average Bonchev–Trinajstić information content (AvgIpc) is 2.79. The molecule has 0 aromatic heterocycles. The van der Waals surface area contributed by atoms with Crippen molar-refractivity contribution in [2.45, 2.75) is 33.6 Å². The monoisotopic (exact) mass is 438 g/mol. The topological polar surface area (TPSA) is 84.9 Å². The number of rotatable bonds is 10. The molecule has 170 valence electrons. The third kappa shape index (κ3) is 6.09. The van der Waals surface area contributed by atoms with Gasteiger partial charge >= 0.3 is 0 Å². The van der Waals surface area contributed by atoms with Gasteiger partial charge in [0.1, 0.15) is 18.0 Å². The zero-order chi connectivity index (χ0) is 23.1. The third-order valence-corrected chi connectivity index (χ3v) is 5.27. The molecule has 0 saturated carbocycles. The molecule has 0 spiro atoms. The first kappa shape index (κ1) is 23.3. The van der Waals surface area contributed by atoms with Gasteiger partial charge in [-0.1, -0.05) is 32.9 Å². The van der Waals surface area contributed by atoms with Gasteiger partial charge < -0.3 is 14.8 Å². The molecule has 32 heavy (non-hydrogen) atoms.